The molecule has 0 unspecified atom stereocenters. The van der Waals surface area contributed by atoms with Crippen LogP contribution in [-0.4, -0.2) is 13.0 Å². The first-order valence-electron chi connectivity index (χ1n) is 9.64. The van der Waals surface area contributed by atoms with Gasteiger partial charge in [-0.05, 0) is 34.7 Å². The van der Waals surface area contributed by atoms with E-state index >= 15 is 0 Å². The predicted molar refractivity (Wildman–Crippen MR) is 113 cm³/mol. The normalized spacial score (nSPS) is 13.0. The van der Waals surface area contributed by atoms with Crippen molar-refractivity contribution in [2.24, 2.45) is 5.92 Å². The Hall–Kier alpha value is -3.07. The lowest BCUT2D eigenvalue weighted by molar-refractivity contribution is -0.124. The maximum atomic E-state index is 13.3. The van der Waals surface area contributed by atoms with Crippen LogP contribution in [0.2, 0.25) is 0 Å². The molecule has 3 heteroatoms. The summed E-state index contributed by atoms with van der Waals surface area (Å²) in [5.41, 5.74) is 3.11. The summed E-state index contributed by atoms with van der Waals surface area (Å²) in [4.78, 5) is 13.3. The molecule has 0 bridgehead atoms. The van der Waals surface area contributed by atoms with Crippen molar-refractivity contribution in [1.29, 1.82) is 0 Å². The fraction of sp³-hybridized carbons (Fsp3) is 0.240. The molecule has 3 rings (SSSR count). The Morgan fingerprint density at radius 2 is 1.25 bits per heavy atom. The number of nitrogens with one attached hydrogen (secondary N) is 1. The Morgan fingerprint density at radius 1 is 0.750 bits per heavy atom. The number of hydrogen-bond donors (Lipinski definition) is 1. The van der Waals surface area contributed by atoms with E-state index < -0.39 is 0 Å². The summed E-state index contributed by atoms with van der Waals surface area (Å²) >= 11 is 0. The molecule has 3 aromatic carbocycles. The number of benzene rings is 3. The van der Waals surface area contributed by atoms with Crippen LogP contribution in [-0.2, 0) is 4.79 Å². The Bertz CT molecular complexity index is 873. The van der Waals surface area contributed by atoms with E-state index in [1.807, 2.05) is 84.9 Å². The second-order valence-electron chi connectivity index (χ2n) is 7.26. The van der Waals surface area contributed by atoms with Crippen LogP contribution in [0.15, 0.2) is 84.9 Å². The molecule has 0 spiro atoms. The molecule has 0 aliphatic heterocycles. The SMILES string of the molecule is COc1ccc([C@H](NC(=O)[C@@H](c2ccccc2)C(C)C)c2ccccc2)cc1. The number of methoxy groups -OCH3 is 1. The van der Waals surface area contributed by atoms with E-state index in [0.717, 1.165) is 22.4 Å². The molecule has 0 fully saturated rings. The van der Waals surface area contributed by atoms with Gasteiger partial charge in [-0.1, -0.05) is 86.6 Å². The first-order chi connectivity index (χ1) is 13.6. The van der Waals surface area contributed by atoms with E-state index in [9.17, 15) is 4.79 Å². The van der Waals surface area contributed by atoms with Crippen molar-refractivity contribution in [3.8, 4) is 5.75 Å². The van der Waals surface area contributed by atoms with E-state index in [1.54, 1.807) is 7.11 Å². The Kier molecular flexibility index (Phi) is 6.49. The van der Waals surface area contributed by atoms with Crippen LogP contribution >= 0.6 is 0 Å². The van der Waals surface area contributed by atoms with Gasteiger partial charge in [-0.15, -0.1) is 0 Å². The van der Waals surface area contributed by atoms with Crippen molar-refractivity contribution < 1.29 is 9.53 Å². The average Bonchev–Trinajstić information content (AvgIpc) is 2.73. The third-order valence-corrected chi connectivity index (χ3v) is 4.98. The maximum Gasteiger partial charge on any atom is 0.228 e. The lowest BCUT2D eigenvalue weighted by atomic mass is 9.87. The molecular formula is C25H27NO2. The Morgan fingerprint density at radius 3 is 1.75 bits per heavy atom. The molecule has 1 N–H and O–H groups in total. The van der Waals surface area contributed by atoms with Gasteiger partial charge in [0, 0.05) is 0 Å². The minimum Gasteiger partial charge on any atom is -0.497 e. The van der Waals surface area contributed by atoms with E-state index in [0.29, 0.717) is 0 Å². The van der Waals surface area contributed by atoms with Crippen molar-refractivity contribution in [3.05, 3.63) is 102 Å². The molecule has 28 heavy (non-hydrogen) atoms. The second kappa shape index (κ2) is 9.23. The Balaban J connectivity index is 1.93. The number of hydrogen-bond acceptors (Lipinski definition) is 2. The molecule has 0 saturated heterocycles. The number of carbonyl (C=O) groups excluding carboxylic acids is 1. The van der Waals surface area contributed by atoms with Crippen LogP contribution in [0.3, 0.4) is 0 Å². The topological polar surface area (TPSA) is 38.3 Å². The highest BCUT2D eigenvalue weighted by atomic mass is 16.5. The molecule has 144 valence electrons. The zero-order valence-corrected chi connectivity index (χ0v) is 16.6. The monoisotopic (exact) mass is 373 g/mol. The van der Waals surface area contributed by atoms with Crippen LogP contribution in [0.1, 0.15) is 42.5 Å². The van der Waals surface area contributed by atoms with Crippen LogP contribution in [0.5, 0.6) is 5.75 Å². The van der Waals surface area contributed by atoms with Gasteiger partial charge in [-0.25, -0.2) is 0 Å². The molecule has 0 aromatic heterocycles. The van der Waals surface area contributed by atoms with Gasteiger partial charge >= 0.3 is 0 Å². The minimum absolute atomic E-state index is 0.0332. The lowest BCUT2D eigenvalue weighted by Crippen LogP contribution is -2.35. The van der Waals surface area contributed by atoms with E-state index in [4.69, 9.17) is 4.74 Å². The van der Waals surface area contributed by atoms with Gasteiger partial charge in [0.2, 0.25) is 5.91 Å². The van der Waals surface area contributed by atoms with Gasteiger partial charge in [0.1, 0.15) is 5.75 Å². The number of amides is 1. The molecule has 3 nitrogen and oxygen atoms in total. The van der Waals surface area contributed by atoms with Crippen LogP contribution in [0.25, 0.3) is 0 Å². The van der Waals surface area contributed by atoms with E-state index in [1.165, 1.54) is 0 Å². The summed E-state index contributed by atoms with van der Waals surface area (Å²) in [6.07, 6.45) is 0. The van der Waals surface area contributed by atoms with Crippen LogP contribution < -0.4 is 10.1 Å². The first-order valence-corrected chi connectivity index (χ1v) is 9.64. The molecule has 0 aliphatic carbocycles. The maximum absolute atomic E-state index is 13.3. The molecule has 3 aromatic rings. The largest absolute Gasteiger partial charge is 0.497 e. The van der Waals surface area contributed by atoms with E-state index in [-0.39, 0.29) is 23.8 Å². The summed E-state index contributed by atoms with van der Waals surface area (Å²) < 4.78 is 5.28. The number of ether oxygens (including phenoxy) is 1. The van der Waals surface area contributed by atoms with Crippen molar-refractivity contribution in [1.82, 2.24) is 5.32 Å². The smallest absolute Gasteiger partial charge is 0.228 e. The van der Waals surface area contributed by atoms with Crippen molar-refractivity contribution >= 4 is 5.91 Å². The third-order valence-electron chi connectivity index (χ3n) is 4.98. The van der Waals surface area contributed by atoms with Gasteiger partial charge in [0.25, 0.3) is 0 Å². The fourth-order valence-electron chi connectivity index (χ4n) is 3.53. The number of rotatable bonds is 7. The molecule has 1 amide bonds. The average molecular weight is 373 g/mol. The summed E-state index contributed by atoms with van der Waals surface area (Å²) in [7, 11) is 1.65. The van der Waals surface area contributed by atoms with Gasteiger partial charge in [-0.2, -0.15) is 0 Å². The fourth-order valence-corrected chi connectivity index (χ4v) is 3.53. The van der Waals surface area contributed by atoms with Crippen molar-refractivity contribution in [2.45, 2.75) is 25.8 Å². The van der Waals surface area contributed by atoms with Crippen LogP contribution in [0.4, 0.5) is 0 Å². The predicted octanol–water partition coefficient (Wildman–Crippen LogP) is 5.34. The summed E-state index contributed by atoms with van der Waals surface area (Å²) in [5, 5.41) is 3.29. The highest BCUT2D eigenvalue weighted by Gasteiger charge is 2.27. The van der Waals surface area contributed by atoms with Crippen molar-refractivity contribution in [2.75, 3.05) is 7.11 Å². The summed E-state index contributed by atoms with van der Waals surface area (Å²) in [6.45, 7) is 4.17. The molecule has 2 atom stereocenters. The highest BCUT2D eigenvalue weighted by Crippen LogP contribution is 2.29. The Labute approximate surface area is 167 Å². The standard InChI is InChI=1S/C25H27NO2/c1-18(2)23(19-10-6-4-7-11-19)25(27)26-24(20-12-8-5-9-13-20)21-14-16-22(28-3)17-15-21/h4-18,23-24H,1-3H3,(H,26,27)/t23-,24-/m1/s1. The third kappa shape index (κ3) is 4.61. The minimum atomic E-state index is -0.218. The molecule has 0 saturated carbocycles. The number of carbonyl (C=O) groups is 1. The quantitative estimate of drug-likeness (QED) is 0.607. The van der Waals surface area contributed by atoms with Gasteiger partial charge < -0.3 is 10.1 Å². The summed E-state index contributed by atoms with van der Waals surface area (Å²) in [6, 6.07) is 27.7. The lowest BCUT2D eigenvalue weighted by Gasteiger charge is -2.26. The molecule has 0 aliphatic rings. The zero-order valence-electron chi connectivity index (χ0n) is 16.6. The van der Waals surface area contributed by atoms with Gasteiger partial charge in [-0.3, -0.25) is 4.79 Å². The zero-order chi connectivity index (χ0) is 19.9. The second-order valence-corrected chi connectivity index (χ2v) is 7.26. The van der Waals surface area contributed by atoms with Crippen LogP contribution in [0, 0.1) is 5.92 Å². The molecule has 0 heterocycles. The molecular weight excluding hydrogens is 346 g/mol. The summed E-state index contributed by atoms with van der Waals surface area (Å²) in [5.74, 6) is 0.817. The highest BCUT2D eigenvalue weighted by molar-refractivity contribution is 5.84. The van der Waals surface area contributed by atoms with Gasteiger partial charge in [0.05, 0.1) is 19.1 Å². The van der Waals surface area contributed by atoms with E-state index in [2.05, 4.69) is 19.2 Å². The molecule has 0 radical (unpaired) electrons. The van der Waals surface area contributed by atoms with Gasteiger partial charge in [0.15, 0.2) is 0 Å². The van der Waals surface area contributed by atoms with Crippen molar-refractivity contribution in [3.63, 3.8) is 0 Å². The first kappa shape index (κ1) is 19.7.